The van der Waals surface area contributed by atoms with E-state index in [-0.39, 0.29) is 22.9 Å². The average Bonchev–Trinajstić information content (AvgIpc) is 3.51. The van der Waals surface area contributed by atoms with Crippen LogP contribution in [0.4, 0.5) is 5.69 Å². The van der Waals surface area contributed by atoms with Crippen molar-refractivity contribution in [1.29, 1.82) is 0 Å². The van der Waals surface area contributed by atoms with Gasteiger partial charge in [-0.1, -0.05) is 27.3 Å². The lowest BCUT2D eigenvalue weighted by atomic mass is 9.95. The summed E-state index contributed by atoms with van der Waals surface area (Å²) in [6, 6.07) is 12.5. The highest BCUT2D eigenvalue weighted by molar-refractivity contribution is 9.10. The van der Waals surface area contributed by atoms with Crippen molar-refractivity contribution in [2.75, 3.05) is 7.11 Å². The molecule has 0 saturated heterocycles. The number of nitrogens with zero attached hydrogens (tertiary/aromatic N) is 3. The first kappa shape index (κ1) is 29.2. The van der Waals surface area contributed by atoms with E-state index in [0.29, 0.717) is 49.0 Å². The zero-order valence-corrected chi connectivity index (χ0v) is 25.7. The number of furan rings is 1. The van der Waals surface area contributed by atoms with E-state index in [2.05, 4.69) is 20.9 Å². The number of aromatic nitrogens is 1. The zero-order valence-electron chi connectivity index (χ0n) is 23.3. The number of carbonyl (C=O) groups is 1. The third-order valence-corrected chi connectivity index (χ3v) is 8.13. The van der Waals surface area contributed by atoms with Gasteiger partial charge in [0.05, 0.1) is 33.9 Å². The number of hydrogen-bond acceptors (Lipinski definition) is 9. The van der Waals surface area contributed by atoms with Crippen LogP contribution in [0.1, 0.15) is 43.7 Å². The van der Waals surface area contributed by atoms with Crippen LogP contribution >= 0.6 is 27.3 Å². The van der Waals surface area contributed by atoms with Crippen LogP contribution < -0.4 is 19.6 Å². The topological polar surface area (TPSA) is 126 Å². The van der Waals surface area contributed by atoms with Crippen molar-refractivity contribution in [2.45, 2.75) is 39.8 Å². The third-order valence-electron chi connectivity index (χ3n) is 6.66. The fourth-order valence-electron chi connectivity index (χ4n) is 4.82. The number of nitro groups is 1. The van der Waals surface area contributed by atoms with Crippen molar-refractivity contribution in [1.82, 2.24) is 4.57 Å². The summed E-state index contributed by atoms with van der Waals surface area (Å²) < 4.78 is 19.8. The molecule has 42 heavy (non-hydrogen) atoms. The molecule has 0 unspecified atom stereocenters. The molecule has 0 N–H and O–H groups in total. The number of aryl methyl sites for hydroxylation is 1. The highest BCUT2D eigenvalue weighted by atomic mass is 79.9. The lowest BCUT2D eigenvalue weighted by Gasteiger charge is -2.26. The molecule has 2 aromatic heterocycles. The zero-order chi connectivity index (χ0) is 30.3. The van der Waals surface area contributed by atoms with Gasteiger partial charge < -0.3 is 13.9 Å². The SMILES string of the molecule is COc1ccc(Br)cc1[C@H]1C(C(=O)OC(C)C)=C(C)N=c2s/c(=C\c3ccc(-c4ccc([N+](=O)[O-])cc4C)o3)c(=O)n21. The summed E-state index contributed by atoms with van der Waals surface area (Å²) in [7, 11) is 1.53. The Morgan fingerprint density at radius 3 is 2.62 bits per heavy atom. The molecule has 3 heterocycles. The second kappa shape index (κ2) is 11.5. The highest BCUT2D eigenvalue weighted by Gasteiger charge is 2.35. The fraction of sp³-hybridized carbons (Fsp3) is 0.233. The number of benzene rings is 2. The number of ether oxygens (including phenoxy) is 2. The Morgan fingerprint density at radius 2 is 1.95 bits per heavy atom. The van der Waals surface area contributed by atoms with E-state index in [1.807, 2.05) is 12.1 Å². The van der Waals surface area contributed by atoms with Gasteiger partial charge in [0.1, 0.15) is 23.3 Å². The quantitative estimate of drug-likeness (QED) is 0.148. The summed E-state index contributed by atoms with van der Waals surface area (Å²) in [5.74, 6) is 0.852. The maximum atomic E-state index is 14.0. The Labute approximate surface area is 252 Å². The van der Waals surface area contributed by atoms with Gasteiger partial charge in [-0.15, -0.1) is 0 Å². The van der Waals surface area contributed by atoms with Gasteiger partial charge >= 0.3 is 5.97 Å². The minimum Gasteiger partial charge on any atom is -0.496 e. The van der Waals surface area contributed by atoms with Crippen molar-refractivity contribution in [2.24, 2.45) is 4.99 Å². The second-order valence-corrected chi connectivity index (χ2v) is 11.8. The molecule has 12 heteroatoms. The molecule has 0 bridgehead atoms. The largest absolute Gasteiger partial charge is 0.496 e. The van der Waals surface area contributed by atoms with Crippen LogP contribution in [0.25, 0.3) is 17.4 Å². The van der Waals surface area contributed by atoms with E-state index in [4.69, 9.17) is 13.9 Å². The van der Waals surface area contributed by atoms with Crippen molar-refractivity contribution < 1.29 is 23.6 Å². The van der Waals surface area contributed by atoms with E-state index in [0.717, 1.165) is 4.47 Å². The average molecular weight is 653 g/mol. The molecule has 4 aromatic rings. The number of methoxy groups -OCH3 is 1. The van der Waals surface area contributed by atoms with E-state index < -0.39 is 16.9 Å². The predicted molar refractivity (Wildman–Crippen MR) is 161 cm³/mol. The molecule has 0 saturated carbocycles. The van der Waals surface area contributed by atoms with Gasteiger partial charge in [0, 0.05) is 33.8 Å². The van der Waals surface area contributed by atoms with E-state index >= 15 is 0 Å². The van der Waals surface area contributed by atoms with Crippen LogP contribution in [0.2, 0.25) is 0 Å². The van der Waals surface area contributed by atoms with Crippen molar-refractivity contribution in [3.63, 3.8) is 0 Å². The molecule has 5 rings (SSSR count). The first-order chi connectivity index (χ1) is 20.0. The van der Waals surface area contributed by atoms with Crippen LogP contribution in [-0.4, -0.2) is 28.7 Å². The summed E-state index contributed by atoms with van der Waals surface area (Å²) in [6.45, 7) is 7.00. The van der Waals surface area contributed by atoms with Crippen LogP contribution in [0.5, 0.6) is 5.75 Å². The Morgan fingerprint density at radius 1 is 1.19 bits per heavy atom. The number of rotatable bonds is 7. The molecule has 0 aliphatic carbocycles. The Hall–Kier alpha value is -4.29. The van der Waals surface area contributed by atoms with Gasteiger partial charge in [-0.25, -0.2) is 9.79 Å². The first-order valence-electron chi connectivity index (χ1n) is 12.9. The van der Waals surface area contributed by atoms with Crippen LogP contribution in [0.3, 0.4) is 0 Å². The molecular weight excluding hydrogens is 626 g/mol. The Balaban J connectivity index is 1.65. The Kier molecular flexibility index (Phi) is 8.02. The fourth-order valence-corrected chi connectivity index (χ4v) is 6.22. The lowest BCUT2D eigenvalue weighted by molar-refractivity contribution is -0.384. The number of thiazole rings is 1. The summed E-state index contributed by atoms with van der Waals surface area (Å²) in [6.07, 6.45) is 1.24. The van der Waals surface area contributed by atoms with Crippen LogP contribution in [0, 0.1) is 17.0 Å². The van der Waals surface area contributed by atoms with Crippen molar-refractivity contribution in [3.8, 4) is 17.1 Å². The molecular formula is C30H26BrN3O7S. The number of hydrogen-bond donors (Lipinski definition) is 0. The highest BCUT2D eigenvalue weighted by Crippen LogP contribution is 2.37. The molecule has 0 fully saturated rings. The van der Waals surface area contributed by atoms with Crippen LogP contribution in [-0.2, 0) is 9.53 Å². The van der Waals surface area contributed by atoms with E-state index in [9.17, 15) is 19.7 Å². The number of allylic oxidation sites excluding steroid dienone is 1. The number of esters is 1. The van der Waals surface area contributed by atoms with Gasteiger partial charge in [-0.2, -0.15) is 0 Å². The minimum absolute atomic E-state index is 0.00675. The van der Waals surface area contributed by atoms with Gasteiger partial charge in [0.2, 0.25) is 0 Å². The van der Waals surface area contributed by atoms with Gasteiger partial charge in [0.15, 0.2) is 4.80 Å². The summed E-state index contributed by atoms with van der Waals surface area (Å²) in [4.78, 5) is 43.0. The lowest BCUT2D eigenvalue weighted by Crippen LogP contribution is -2.40. The number of non-ortho nitro benzene ring substituents is 1. The van der Waals surface area contributed by atoms with Crippen molar-refractivity contribution in [3.05, 3.63) is 111 Å². The number of nitro benzene ring substituents is 1. The summed E-state index contributed by atoms with van der Waals surface area (Å²) in [5, 5.41) is 11.1. The smallest absolute Gasteiger partial charge is 0.338 e. The molecule has 0 radical (unpaired) electrons. The van der Waals surface area contributed by atoms with Crippen molar-refractivity contribution >= 4 is 45.0 Å². The predicted octanol–water partition coefficient (Wildman–Crippen LogP) is 5.43. The molecule has 1 atom stereocenters. The van der Waals surface area contributed by atoms with Gasteiger partial charge in [-0.3, -0.25) is 19.5 Å². The molecule has 10 nitrogen and oxygen atoms in total. The molecule has 0 spiro atoms. The molecule has 2 aromatic carbocycles. The Bertz CT molecular complexity index is 1950. The molecule has 1 aliphatic heterocycles. The summed E-state index contributed by atoms with van der Waals surface area (Å²) in [5.41, 5.74) is 2.29. The number of carbonyl (C=O) groups excluding carboxylic acids is 1. The standard InChI is InChI=1S/C30H26BrN3O7S/c1-15(2)40-29(36)26-17(4)32-30-33(27(26)22-13-18(31)6-10-23(22)39-5)28(35)25(42-30)14-20-8-11-24(41-20)21-9-7-19(34(37)38)12-16(21)3/h6-15,27H,1-5H3/b25-14-/t27-/m0/s1. The monoisotopic (exact) mass is 651 g/mol. The second-order valence-electron chi connectivity index (χ2n) is 9.88. The minimum atomic E-state index is -0.850. The molecule has 0 amide bonds. The normalized spacial score (nSPS) is 15.0. The van der Waals surface area contributed by atoms with E-state index in [1.54, 1.807) is 58.0 Å². The molecule has 1 aliphatic rings. The van der Waals surface area contributed by atoms with E-state index in [1.165, 1.54) is 35.1 Å². The summed E-state index contributed by atoms with van der Waals surface area (Å²) >= 11 is 4.67. The van der Waals surface area contributed by atoms with Gasteiger partial charge in [-0.05, 0) is 69.7 Å². The molecule has 216 valence electrons. The maximum absolute atomic E-state index is 14.0. The maximum Gasteiger partial charge on any atom is 0.338 e. The van der Waals surface area contributed by atoms with Crippen LogP contribution in [0.15, 0.2) is 78.5 Å². The first-order valence-corrected chi connectivity index (χ1v) is 14.5. The van der Waals surface area contributed by atoms with Gasteiger partial charge in [0.25, 0.3) is 11.2 Å². The third kappa shape index (κ3) is 5.47. The number of fused-ring (bicyclic) bond motifs is 1. The number of halogens is 1.